The molecule has 3 nitrogen and oxygen atoms in total. The quantitative estimate of drug-likeness (QED) is 0.481. The summed E-state index contributed by atoms with van der Waals surface area (Å²) in [6.07, 6.45) is 0.490. The van der Waals surface area contributed by atoms with Crippen LogP contribution in [0, 0.1) is 0 Å². The molecule has 1 atom stereocenters. The zero-order valence-electron chi connectivity index (χ0n) is 5.85. The molecule has 0 aliphatic carbocycles. The van der Waals surface area contributed by atoms with E-state index in [1.165, 1.54) is 0 Å². The first-order valence-corrected chi connectivity index (χ1v) is 3.04. The SMILES string of the molecule is CN1CC(C)(N)CC1=O. The molecule has 0 bridgehead atoms. The zero-order valence-corrected chi connectivity index (χ0v) is 5.85. The van der Waals surface area contributed by atoms with E-state index in [4.69, 9.17) is 5.73 Å². The molecule has 1 amide bonds. The predicted octanol–water partition coefficient (Wildman–Crippen LogP) is -0.434. The van der Waals surface area contributed by atoms with Crippen LogP contribution in [0.15, 0.2) is 0 Å². The van der Waals surface area contributed by atoms with Crippen molar-refractivity contribution in [3.05, 3.63) is 0 Å². The fraction of sp³-hybridized carbons (Fsp3) is 0.833. The Labute approximate surface area is 54.8 Å². The molecule has 9 heavy (non-hydrogen) atoms. The first-order chi connectivity index (χ1) is 4.01. The lowest BCUT2D eigenvalue weighted by Crippen LogP contribution is -2.38. The summed E-state index contributed by atoms with van der Waals surface area (Å²) in [6.45, 7) is 2.58. The van der Waals surface area contributed by atoms with E-state index < -0.39 is 0 Å². The zero-order chi connectivity index (χ0) is 7.07. The van der Waals surface area contributed by atoms with Gasteiger partial charge in [-0.3, -0.25) is 4.79 Å². The minimum atomic E-state index is -0.286. The summed E-state index contributed by atoms with van der Waals surface area (Å²) >= 11 is 0. The van der Waals surface area contributed by atoms with Crippen LogP contribution in [0.3, 0.4) is 0 Å². The fourth-order valence-corrected chi connectivity index (χ4v) is 1.17. The number of hydrogen-bond acceptors (Lipinski definition) is 2. The van der Waals surface area contributed by atoms with E-state index >= 15 is 0 Å². The maximum Gasteiger partial charge on any atom is 0.224 e. The Balaban J connectivity index is 2.65. The third kappa shape index (κ3) is 1.21. The molecule has 1 unspecified atom stereocenters. The molecule has 1 fully saturated rings. The summed E-state index contributed by atoms with van der Waals surface area (Å²) in [5.74, 6) is 0.153. The highest BCUT2D eigenvalue weighted by Gasteiger charge is 2.33. The van der Waals surface area contributed by atoms with Crippen molar-refractivity contribution < 1.29 is 4.79 Å². The van der Waals surface area contributed by atoms with Crippen molar-refractivity contribution in [3.8, 4) is 0 Å². The Morgan fingerprint density at radius 1 is 1.78 bits per heavy atom. The molecule has 1 rings (SSSR count). The van der Waals surface area contributed by atoms with Gasteiger partial charge in [-0.2, -0.15) is 0 Å². The topological polar surface area (TPSA) is 46.3 Å². The minimum Gasteiger partial charge on any atom is -0.344 e. The van der Waals surface area contributed by atoms with E-state index in [-0.39, 0.29) is 11.4 Å². The van der Waals surface area contributed by atoms with Gasteiger partial charge in [0, 0.05) is 25.6 Å². The van der Waals surface area contributed by atoms with E-state index in [0.29, 0.717) is 13.0 Å². The summed E-state index contributed by atoms with van der Waals surface area (Å²) in [4.78, 5) is 12.5. The van der Waals surface area contributed by atoms with Gasteiger partial charge in [0.15, 0.2) is 0 Å². The van der Waals surface area contributed by atoms with Crippen LogP contribution in [0.5, 0.6) is 0 Å². The first-order valence-electron chi connectivity index (χ1n) is 3.04. The van der Waals surface area contributed by atoms with Gasteiger partial charge in [0.2, 0.25) is 5.91 Å². The van der Waals surface area contributed by atoms with E-state index in [1.54, 1.807) is 11.9 Å². The molecule has 1 aliphatic rings. The lowest BCUT2D eigenvalue weighted by atomic mass is 10.0. The van der Waals surface area contributed by atoms with E-state index in [9.17, 15) is 4.79 Å². The van der Waals surface area contributed by atoms with E-state index in [1.807, 2.05) is 6.92 Å². The molecule has 0 radical (unpaired) electrons. The molecule has 0 saturated carbocycles. The fourth-order valence-electron chi connectivity index (χ4n) is 1.17. The number of likely N-dealkylation sites (tertiary alicyclic amines) is 1. The lowest BCUT2D eigenvalue weighted by Gasteiger charge is -2.14. The van der Waals surface area contributed by atoms with Crippen LogP contribution in [-0.2, 0) is 4.79 Å². The van der Waals surface area contributed by atoms with Gasteiger partial charge in [-0.15, -0.1) is 0 Å². The van der Waals surface area contributed by atoms with Crippen molar-refractivity contribution in [1.29, 1.82) is 0 Å². The highest BCUT2D eigenvalue weighted by molar-refractivity contribution is 5.79. The Morgan fingerprint density at radius 2 is 2.33 bits per heavy atom. The minimum absolute atomic E-state index is 0.153. The van der Waals surface area contributed by atoms with Crippen molar-refractivity contribution in [2.75, 3.05) is 13.6 Å². The largest absolute Gasteiger partial charge is 0.344 e. The van der Waals surface area contributed by atoms with Crippen LogP contribution in [0.4, 0.5) is 0 Å². The molecule has 0 aromatic heterocycles. The standard InChI is InChI=1S/C6H12N2O/c1-6(7)3-5(9)8(2)4-6/h3-4,7H2,1-2H3. The number of nitrogens with zero attached hydrogens (tertiary/aromatic N) is 1. The van der Waals surface area contributed by atoms with Gasteiger partial charge in [-0.25, -0.2) is 0 Å². The lowest BCUT2D eigenvalue weighted by molar-refractivity contribution is -0.126. The molecule has 1 heterocycles. The van der Waals surface area contributed by atoms with Gasteiger partial charge < -0.3 is 10.6 Å². The number of hydrogen-bond donors (Lipinski definition) is 1. The number of rotatable bonds is 0. The Morgan fingerprint density at radius 3 is 2.44 bits per heavy atom. The summed E-state index contributed by atoms with van der Waals surface area (Å²) < 4.78 is 0. The van der Waals surface area contributed by atoms with Crippen molar-refractivity contribution in [3.63, 3.8) is 0 Å². The predicted molar refractivity (Wildman–Crippen MR) is 34.8 cm³/mol. The van der Waals surface area contributed by atoms with Crippen LogP contribution in [0.25, 0.3) is 0 Å². The average molecular weight is 128 g/mol. The summed E-state index contributed by atoms with van der Waals surface area (Å²) in [5, 5.41) is 0. The van der Waals surface area contributed by atoms with E-state index in [2.05, 4.69) is 0 Å². The van der Waals surface area contributed by atoms with Gasteiger partial charge in [0.05, 0.1) is 0 Å². The highest BCUT2D eigenvalue weighted by Crippen LogP contribution is 2.16. The molecule has 2 N–H and O–H groups in total. The molecule has 52 valence electrons. The van der Waals surface area contributed by atoms with Crippen LogP contribution in [-0.4, -0.2) is 29.9 Å². The molecule has 0 spiro atoms. The molecule has 1 aliphatic heterocycles. The van der Waals surface area contributed by atoms with Crippen molar-refractivity contribution >= 4 is 5.91 Å². The van der Waals surface area contributed by atoms with Crippen molar-refractivity contribution in [1.82, 2.24) is 4.90 Å². The van der Waals surface area contributed by atoms with Gasteiger partial charge >= 0.3 is 0 Å². The molecule has 0 aromatic carbocycles. The number of carbonyl (C=O) groups is 1. The molecular weight excluding hydrogens is 116 g/mol. The smallest absolute Gasteiger partial charge is 0.224 e. The Hall–Kier alpha value is -0.570. The average Bonchev–Trinajstić information content (AvgIpc) is 1.79. The van der Waals surface area contributed by atoms with Crippen LogP contribution in [0.2, 0.25) is 0 Å². The molecule has 3 heteroatoms. The summed E-state index contributed by atoms with van der Waals surface area (Å²) in [6, 6.07) is 0. The second kappa shape index (κ2) is 1.70. The van der Waals surface area contributed by atoms with Gasteiger partial charge in [-0.05, 0) is 6.92 Å². The van der Waals surface area contributed by atoms with Crippen LogP contribution < -0.4 is 5.73 Å². The number of likely N-dealkylation sites (N-methyl/N-ethyl adjacent to an activating group) is 1. The third-order valence-electron chi connectivity index (χ3n) is 1.58. The molecule has 1 saturated heterocycles. The van der Waals surface area contributed by atoms with E-state index in [0.717, 1.165) is 0 Å². The first kappa shape index (κ1) is 6.55. The number of amides is 1. The van der Waals surface area contributed by atoms with Crippen molar-refractivity contribution in [2.45, 2.75) is 18.9 Å². The maximum atomic E-state index is 10.8. The Kier molecular flexibility index (Phi) is 1.24. The summed E-state index contributed by atoms with van der Waals surface area (Å²) in [7, 11) is 1.78. The van der Waals surface area contributed by atoms with Gasteiger partial charge in [0.25, 0.3) is 0 Å². The number of carbonyl (C=O) groups excluding carboxylic acids is 1. The normalized spacial score (nSPS) is 35.9. The van der Waals surface area contributed by atoms with Crippen molar-refractivity contribution in [2.24, 2.45) is 5.73 Å². The molecule has 0 aromatic rings. The van der Waals surface area contributed by atoms with Crippen LogP contribution >= 0.6 is 0 Å². The number of nitrogens with two attached hydrogens (primary N) is 1. The van der Waals surface area contributed by atoms with Crippen LogP contribution in [0.1, 0.15) is 13.3 Å². The summed E-state index contributed by atoms with van der Waals surface area (Å²) in [5.41, 5.74) is 5.41. The second-order valence-electron chi connectivity index (χ2n) is 3.08. The molecular formula is C6H12N2O. The third-order valence-corrected chi connectivity index (χ3v) is 1.58. The second-order valence-corrected chi connectivity index (χ2v) is 3.08. The van der Waals surface area contributed by atoms with Gasteiger partial charge in [0.1, 0.15) is 0 Å². The monoisotopic (exact) mass is 128 g/mol. The maximum absolute atomic E-state index is 10.8. The highest BCUT2D eigenvalue weighted by atomic mass is 16.2. The Bertz CT molecular complexity index is 142. The van der Waals surface area contributed by atoms with Gasteiger partial charge in [-0.1, -0.05) is 0 Å².